The predicted molar refractivity (Wildman–Crippen MR) is 113 cm³/mol. The maximum Gasteiger partial charge on any atom is 0.271 e. The van der Waals surface area contributed by atoms with Crippen molar-refractivity contribution in [3.8, 4) is 28.4 Å². The average Bonchev–Trinajstić information content (AvgIpc) is 2.79. The minimum atomic E-state index is -0.305. The van der Waals surface area contributed by atoms with Gasteiger partial charge in [0.15, 0.2) is 11.5 Å². The molecule has 0 spiro atoms. The fourth-order valence-electron chi connectivity index (χ4n) is 2.90. The van der Waals surface area contributed by atoms with Crippen LogP contribution in [0.4, 0.5) is 0 Å². The van der Waals surface area contributed by atoms with Crippen LogP contribution >= 0.6 is 0 Å². The largest absolute Gasteiger partial charge is 0.493 e. The lowest BCUT2D eigenvalue weighted by atomic mass is 10.0. The van der Waals surface area contributed by atoms with E-state index in [1.165, 1.54) is 20.4 Å². The van der Waals surface area contributed by atoms with Crippen LogP contribution in [0.15, 0.2) is 71.8 Å². The molecule has 0 saturated heterocycles. The maximum atomic E-state index is 12.4. The highest BCUT2D eigenvalue weighted by atomic mass is 16.5. The monoisotopic (exact) mass is 390 g/mol. The van der Waals surface area contributed by atoms with Crippen LogP contribution in [0.25, 0.3) is 11.1 Å². The molecule has 0 radical (unpaired) electrons. The maximum absolute atomic E-state index is 12.4. The third-order valence-corrected chi connectivity index (χ3v) is 4.36. The summed E-state index contributed by atoms with van der Waals surface area (Å²) in [5.74, 6) is 1.17. The van der Waals surface area contributed by atoms with Crippen LogP contribution in [-0.4, -0.2) is 33.5 Å². The van der Waals surface area contributed by atoms with Gasteiger partial charge in [-0.2, -0.15) is 5.10 Å². The first-order chi connectivity index (χ1) is 14.2. The van der Waals surface area contributed by atoms with Gasteiger partial charge in [-0.05, 0) is 35.4 Å². The van der Waals surface area contributed by atoms with Crippen LogP contribution in [0.5, 0.6) is 17.2 Å². The number of rotatable bonds is 7. The Morgan fingerprint density at radius 2 is 1.45 bits per heavy atom. The summed E-state index contributed by atoms with van der Waals surface area (Å²) in [6.07, 6.45) is 1.50. The molecule has 6 nitrogen and oxygen atoms in total. The quantitative estimate of drug-likeness (QED) is 0.486. The molecule has 148 valence electrons. The number of nitrogens with zero attached hydrogens (tertiary/aromatic N) is 1. The second-order valence-corrected chi connectivity index (χ2v) is 6.07. The number of benzene rings is 3. The van der Waals surface area contributed by atoms with E-state index < -0.39 is 0 Å². The summed E-state index contributed by atoms with van der Waals surface area (Å²) in [5, 5.41) is 4.04. The van der Waals surface area contributed by atoms with Crippen molar-refractivity contribution in [2.75, 3.05) is 21.3 Å². The van der Waals surface area contributed by atoms with Gasteiger partial charge in [-0.1, -0.05) is 42.5 Å². The van der Waals surface area contributed by atoms with Gasteiger partial charge in [0, 0.05) is 11.1 Å². The summed E-state index contributed by atoms with van der Waals surface area (Å²) in [6.45, 7) is 0. The van der Waals surface area contributed by atoms with Crippen LogP contribution in [0.2, 0.25) is 0 Å². The first-order valence-corrected chi connectivity index (χ1v) is 8.95. The standard InChI is InChI=1S/C23H22N2O4/c1-27-20-14-13-19(21(28-2)22(20)29-3)15-24-25-23(26)18-11-9-17(10-12-18)16-7-5-4-6-8-16/h4-15H,1-3H3,(H,25,26)/b24-15+. The molecular formula is C23H22N2O4. The van der Waals surface area contributed by atoms with Crippen molar-refractivity contribution in [3.05, 3.63) is 77.9 Å². The zero-order valence-electron chi connectivity index (χ0n) is 16.5. The average molecular weight is 390 g/mol. The molecule has 0 aliphatic carbocycles. The lowest BCUT2D eigenvalue weighted by Crippen LogP contribution is -2.17. The number of hydrogen-bond donors (Lipinski definition) is 1. The molecule has 0 aliphatic rings. The number of ether oxygens (including phenoxy) is 3. The molecule has 29 heavy (non-hydrogen) atoms. The Morgan fingerprint density at radius 3 is 2.07 bits per heavy atom. The van der Waals surface area contributed by atoms with Crippen molar-refractivity contribution in [1.82, 2.24) is 5.43 Å². The molecule has 3 aromatic rings. The number of carbonyl (C=O) groups excluding carboxylic acids is 1. The van der Waals surface area contributed by atoms with E-state index in [4.69, 9.17) is 14.2 Å². The molecule has 0 aliphatic heterocycles. The van der Waals surface area contributed by atoms with E-state index in [1.807, 2.05) is 42.5 Å². The summed E-state index contributed by atoms with van der Waals surface area (Å²) in [4.78, 5) is 12.4. The molecular weight excluding hydrogens is 368 g/mol. The highest BCUT2D eigenvalue weighted by molar-refractivity contribution is 5.95. The van der Waals surface area contributed by atoms with E-state index in [0.717, 1.165) is 11.1 Å². The van der Waals surface area contributed by atoms with E-state index in [1.54, 1.807) is 31.4 Å². The Hall–Kier alpha value is -3.80. The summed E-state index contributed by atoms with van der Waals surface area (Å²) in [5.41, 5.74) is 5.82. The van der Waals surface area contributed by atoms with Gasteiger partial charge >= 0.3 is 0 Å². The molecule has 0 atom stereocenters. The van der Waals surface area contributed by atoms with Gasteiger partial charge < -0.3 is 14.2 Å². The second kappa shape index (κ2) is 9.41. The number of methoxy groups -OCH3 is 3. The molecule has 6 heteroatoms. The zero-order chi connectivity index (χ0) is 20.6. The van der Waals surface area contributed by atoms with Crippen molar-refractivity contribution in [3.63, 3.8) is 0 Å². The fraction of sp³-hybridized carbons (Fsp3) is 0.130. The molecule has 0 aromatic heterocycles. The van der Waals surface area contributed by atoms with Crippen LogP contribution in [0, 0.1) is 0 Å². The van der Waals surface area contributed by atoms with E-state index in [-0.39, 0.29) is 5.91 Å². The number of hydrogen-bond acceptors (Lipinski definition) is 5. The minimum absolute atomic E-state index is 0.305. The third kappa shape index (κ3) is 4.55. The van der Waals surface area contributed by atoms with Crippen molar-refractivity contribution in [2.24, 2.45) is 5.10 Å². The van der Waals surface area contributed by atoms with Crippen LogP contribution in [0.1, 0.15) is 15.9 Å². The highest BCUT2D eigenvalue weighted by Gasteiger charge is 2.14. The number of carbonyl (C=O) groups is 1. The van der Waals surface area contributed by atoms with Gasteiger partial charge in [0.2, 0.25) is 5.75 Å². The van der Waals surface area contributed by atoms with Gasteiger partial charge in [-0.15, -0.1) is 0 Å². The second-order valence-electron chi connectivity index (χ2n) is 6.07. The summed E-state index contributed by atoms with van der Waals surface area (Å²) in [6, 6.07) is 20.8. The molecule has 0 unspecified atom stereocenters. The van der Waals surface area contributed by atoms with Crippen molar-refractivity contribution >= 4 is 12.1 Å². The summed E-state index contributed by atoms with van der Waals surface area (Å²) in [7, 11) is 4.61. The fourth-order valence-corrected chi connectivity index (χ4v) is 2.90. The molecule has 1 N–H and O–H groups in total. The van der Waals surface area contributed by atoms with E-state index >= 15 is 0 Å². The Morgan fingerprint density at radius 1 is 0.793 bits per heavy atom. The SMILES string of the molecule is COc1ccc(/C=N/NC(=O)c2ccc(-c3ccccc3)cc2)c(OC)c1OC. The molecule has 3 rings (SSSR count). The number of amides is 1. The normalized spacial score (nSPS) is 10.6. The van der Waals surface area contributed by atoms with Gasteiger partial charge in [-0.25, -0.2) is 5.43 Å². The smallest absolute Gasteiger partial charge is 0.271 e. The van der Waals surface area contributed by atoms with E-state index in [9.17, 15) is 4.79 Å². The van der Waals surface area contributed by atoms with Crippen LogP contribution in [-0.2, 0) is 0 Å². The molecule has 1 amide bonds. The Labute approximate surface area is 169 Å². The first-order valence-electron chi connectivity index (χ1n) is 8.95. The van der Waals surface area contributed by atoms with Gasteiger partial charge in [0.1, 0.15) is 0 Å². The van der Waals surface area contributed by atoms with Gasteiger partial charge in [0.05, 0.1) is 27.5 Å². The first kappa shape index (κ1) is 19.9. The summed E-state index contributed by atoms with van der Waals surface area (Å²) < 4.78 is 16.0. The topological polar surface area (TPSA) is 69.2 Å². The predicted octanol–water partition coefficient (Wildman–Crippen LogP) is 4.14. The van der Waals surface area contributed by atoms with Crippen molar-refractivity contribution < 1.29 is 19.0 Å². The lowest BCUT2D eigenvalue weighted by molar-refractivity contribution is 0.0955. The molecule has 0 saturated carbocycles. The molecule has 0 heterocycles. The lowest BCUT2D eigenvalue weighted by Gasteiger charge is -2.13. The molecule has 0 bridgehead atoms. The Bertz CT molecular complexity index is 999. The van der Waals surface area contributed by atoms with Gasteiger partial charge in [-0.3, -0.25) is 4.79 Å². The molecule has 3 aromatic carbocycles. The summed E-state index contributed by atoms with van der Waals surface area (Å²) >= 11 is 0. The van der Waals surface area contributed by atoms with Crippen molar-refractivity contribution in [2.45, 2.75) is 0 Å². The van der Waals surface area contributed by atoms with Crippen LogP contribution < -0.4 is 19.6 Å². The third-order valence-electron chi connectivity index (χ3n) is 4.36. The Balaban J connectivity index is 1.71. The highest BCUT2D eigenvalue weighted by Crippen LogP contribution is 2.38. The Kier molecular flexibility index (Phi) is 6.47. The van der Waals surface area contributed by atoms with Gasteiger partial charge in [0.25, 0.3) is 5.91 Å². The van der Waals surface area contributed by atoms with E-state index in [0.29, 0.717) is 28.4 Å². The van der Waals surface area contributed by atoms with Crippen LogP contribution in [0.3, 0.4) is 0 Å². The number of nitrogens with one attached hydrogen (secondary N) is 1. The van der Waals surface area contributed by atoms with E-state index in [2.05, 4.69) is 10.5 Å². The van der Waals surface area contributed by atoms with Crippen molar-refractivity contribution in [1.29, 1.82) is 0 Å². The number of hydrazone groups is 1. The molecule has 0 fully saturated rings. The zero-order valence-corrected chi connectivity index (χ0v) is 16.5. The minimum Gasteiger partial charge on any atom is -0.493 e.